The highest BCUT2D eigenvalue weighted by Gasteiger charge is 2.82. The van der Waals surface area contributed by atoms with Crippen LogP contribution in [0.1, 0.15) is 13.8 Å². The van der Waals surface area contributed by atoms with Crippen molar-refractivity contribution >= 4 is 11.9 Å². The number of halogens is 10. The lowest BCUT2D eigenvalue weighted by Gasteiger charge is -2.37. The Morgan fingerprint density at radius 2 is 1.07 bits per heavy atom. The first-order valence-electron chi connectivity index (χ1n) is 6.61. The van der Waals surface area contributed by atoms with Gasteiger partial charge in [0.25, 0.3) is 5.83 Å². The number of hydrogen-bond donors (Lipinski definition) is 0. The first-order valence-corrected chi connectivity index (χ1v) is 6.61. The highest BCUT2D eigenvalue weighted by molar-refractivity contribution is 5.84. The molecule has 0 aromatic heterocycles. The van der Waals surface area contributed by atoms with E-state index in [0.717, 1.165) is 13.8 Å². The molecule has 0 saturated carbocycles. The van der Waals surface area contributed by atoms with E-state index in [1.807, 2.05) is 0 Å². The van der Waals surface area contributed by atoms with Crippen LogP contribution in [0.25, 0.3) is 0 Å². The summed E-state index contributed by atoms with van der Waals surface area (Å²) in [6, 6.07) is 0. The van der Waals surface area contributed by atoms with Gasteiger partial charge in [-0.2, -0.15) is 43.9 Å². The van der Waals surface area contributed by atoms with Crippen molar-refractivity contribution in [1.29, 1.82) is 0 Å². The summed E-state index contributed by atoms with van der Waals surface area (Å²) >= 11 is 0. The Balaban J connectivity index is 6.55. The summed E-state index contributed by atoms with van der Waals surface area (Å²) in [4.78, 5) is 22.1. The Bertz CT molecular complexity index is 569. The fourth-order valence-corrected chi connectivity index (χ4v) is 1.36. The summed E-state index contributed by atoms with van der Waals surface area (Å²) < 4.78 is 142. The summed E-state index contributed by atoms with van der Waals surface area (Å²) in [5.41, 5.74) is 0. The Labute approximate surface area is 143 Å². The van der Waals surface area contributed by atoms with Gasteiger partial charge in [-0.1, -0.05) is 0 Å². The molecule has 0 atom stereocenters. The number of rotatable bonds is 9. The number of alkyl halides is 7. The van der Waals surface area contributed by atoms with Gasteiger partial charge in [0.2, 0.25) is 0 Å². The monoisotopic (exact) mass is 424 g/mol. The fourth-order valence-electron chi connectivity index (χ4n) is 1.36. The maximum atomic E-state index is 14.4. The van der Waals surface area contributed by atoms with E-state index in [4.69, 9.17) is 0 Å². The Kier molecular flexibility index (Phi) is 7.67. The zero-order valence-electron chi connectivity index (χ0n) is 13.2. The molecule has 0 aliphatic heterocycles. The average molecular weight is 424 g/mol. The van der Waals surface area contributed by atoms with E-state index >= 15 is 0 Å². The van der Waals surface area contributed by atoms with Gasteiger partial charge < -0.3 is 9.47 Å². The zero-order chi connectivity index (χ0) is 21.8. The topological polar surface area (TPSA) is 61.8 Å². The van der Waals surface area contributed by atoms with E-state index in [0.29, 0.717) is 0 Å². The maximum Gasteiger partial charge on any atom is 0.417 e. The van der Waals surface area contributed by atoms with Gasteiger partial charge >= 0.3 is 41.8 Å². The van der Waals surface area contributed by atoms with Crippen LogP contribution in [0.5, 0.6) is 0 Å². The van der Waals surface area contributed by atoms with Crippen molar-refractivity contribution in [3.8, 4) is 0 Å². The lowest BCUT2D eigenvalue weighted by atomic mass is 10.0. The van der Waals surface area contributed by atoms with E-state index in [9.17, 15) is 53.5 Å². The number of carbonyl (C=O) groups is 2. The van der Waals surface area contributed by atoms with Crippen molar-refractivity contribution < 1.29 is 67.7 Å². The maximum absolute atomic E-state index is 14.4. The van der Waals surface area contributed by atoms with Crippen molar-refractivity contribution in [3.63, 3.8) is 0 Å². The van der Waals surface area contributed by atoms with Gasteiger partial charge in [-0.25, -0.2) is 9.59 Å². The number of hydrogen-bond acceptors (Lipinski definition) is 5. The van der Waals surface area contributed by atoms with E-state index in [-0.39, 0.29) is 0 Å². The van der Waals surface area contributed by atoms with Crippen LogP contribution >= 0.6 is 0 Å². The molecule has 0 aliphatic rings. The van der Waals surface area contributed by atoms with Crippen molar-refractivity contribution in [2.75, 3.05) is 13.2 Å². The van der Waals surface area contributed by atoms with Crippen molar-refractivity contribution in [2.45, 2.75) is 37.7 Å². The molecular formula is C12H10F10O5. The van der Waals surface area contributed by atoms with Gasteiger partial charge in [0, 0.05) is 0 Å². The van der Waals surface area contributed by atoms with E-state index in [1.54, 1.807) is 0 Å². The summed E-state index contributed by atoms with van der Waals surface area (Å²) in [5, 5.41) is 0. The summed E-state index contributed by atoms with van der Waals surface area (Å²) in [6.07, 6.45) is -10.4. The molecule has 0 saturated heterocycles. The van der Waals surface area contributed by atoms with Crippen LogP contribution in [0.3, 0.4) is 0 Å². The highest BCUT2D eigenvalue weighted by Crippen LogP contribution is 2.50. The second-order valence-corrected chi connectivity index (χ2v) is 4.38. The molecule has 0 heterocycles. The van der Waals surface area contributed by atoms with Crippen molar-refractivity contribution in [2.24, 2.45) is 0 Å². The molecule has 0 amide bonds. The minimum atomic E-state index is -6.69. The largest absolute Gasteiger partial charge is 0.461 e. The zero-order valence-corrected chi connectivity index (χ0v) is 13.2. The second-order valence-electron chi connectivity index (χ2n) is 4.38. The molecule has 0 N–H and O–H groups in total. The molecule has 5 nitrogen and oxygen atoms in total. The third-order valence-corrected chi connectivity index (χ3v) is 2.56. The summed E-state index contributed by atoms with van der Waals surface area (Å²) in [6.45, 7) is -0.403. The van der Waals surface area contributed by atoms with Gasteiger partial charge in [-0.05, 0) is 13.8 Å². The third kappa shape index (κ3) is 4.62. The van der Waals surface area contributed by atoms with Crippen molar-refractivity contribution in [1.82, 2.24) is 0 Å². The lowest BCUT2D eigenvalue weighted by molar-refractivity contribution is -0.415. The number of carbonyl (C=O) groups excluding carboxylic acids is 2. The van der Waals surface area contributed by atoms with Gasteiger partial charge in [0.1, 0.15) is 0 Å². The van der Waals surface area contributed by atoms with Crippen molar-refractivity contribution in [3.05, 3.63) is 11.9 Å². The molecule has 15 heteroatoms. The van der Waals surface area contributed by atoms with Crippen LogP contribution in [0.15, 0.2) is 11.9 Å². The molecule has 0 radical (unpaired) electrons. The molecule has 158 valence electrons. The molecule has 0 unspecified atom stereocenters. The second kappa shape index (κ2) is 8.31. The fraction of sp³-hybridized carbons (Fsp3) is 0.667. The number of esters is 2. The Morgan fingerprint density at radius 3 is 1.33 bits per heavy atom. The standard InChI is InChI=1S/C12H10F10O5/c1-3-25-7(23)9(16,17)12(22,10(18,19)8(24)26-4-2)27-11(20,21)5(13)6(14)15/h3-4H2,1-2H3. The first kappa shape index (κ1) is 24.9. The molecule has 0 aromatic carbocycles. The SMILES string of the molecule is CCOC(=O)C(F)(F)C(F)(OC(F)(F)C(F)=C(F)F)C(F)(F)C(=O)OCC. The number of ether oxygens (including phenoxy) is 3. The van der Waals surface area contributed by atoms with E-state index in [1.165, 1.54) is 0 Å². The smallest absolute Gasteiger partial charge is 0.417 e. The van der Waals surface area contributed by atoms with Crippen LogP contribution in [0, 0.1) is 0 Å². The van der Waals surface area contributed by atoms with E-state index < -0.39 is 60.9 Å². The molecule has 27 heavy (non-hydrogen) atoms. The summed E-state index contributed by atoms with van der Waals surface area (Å²) in [7, 11) is 0. The molecular weight excluding hydrogens is 414 g/mol. The normalized spacial score (nSPS) is 13.2. The molecule has 0 aromatic rings. The molecule has 0 bridgehead atoms. The van der Waals surface area contributed by atoms with Crippen LogP contribution in [-0.2, 0) is 23.8 Å². The van der Waals surface area contributed by atoms with Crippen LogP contribution in [0.4, 0.5) is 43.9 Å². The van der Waals surface area contributed by atoms with Crippen LogP contribution in [-0.4, -0.2) is 49.0 Å². The Morgan fingerprint density at radius 1 is 0.741 bits per heavy atom. The molecule has 0 spiro atoms. The minimum absolute atomic E-state index is 0.813. The van der Waals surface area contributed by atoms with Gasteiger partial charge in [-0.3, -0.25) is 4.74 Å². The lowest BCUT2D eigenvalue weighted by Crippen LogP contribution is -2.67. The van der Waals surface area contributed by atoms with Gasteiger partial charge in [0.15, 0.2) is 0 Å². The Hall–Kier alpha value is -2.06. The van der Waals surface area contributed by atoms with Gasteiger partial charge in [-0.15, -0.1) is 0 Å². The quantitative estimate of drug-likeness (QED) is 0.417. The van der Waals surface area contributed by atoms with Crippen LogP contribution in [0.2, 0.25) is 0 Å². The highest BCUT2D eigenvalue weighted by atomic mass is 19.3. The average Bonchev–Trinajstić information content (AvgIpc) is 2.53. The minimum Gasteiger partial charge on any atom is -0.461 e. The third-order valence-electron chi connectivity index (χ3n) is 2.56. The predicted molar refractivity (Wildman–Crippen MR) is 63.4 cm³/mol. The summed E-state index contributed by atoms with van der Waals surface area (Å²) in [5.74, 6) is -30.0. The predicted octanol–water partition coefficient (Wildman–Crippen LogP) is 3.74. The van der Waals surface area contributed by atoms with Gasteiger partial charge in [0.05, 0.1) is 13.2 Å². The van der Waals surface area contributed by atoms with Crippen LogP contribution < -0.4 is 0 Å². The molecule has 0 rings (SSSR count). The molecule has 0 aliphatic carbocycles. The molecule has 0 fully saturated rings. The first-order chi connectivity index (χ1) is 12.0. The van der Waals surface area contributed by atoms with E-state index in [2.05, 4.69) is 14.2 Å².